The van der Waals surface area contributed by atoms with Crippen LogP contribution in [0.4, 0.5) is 19.0 Å². The fourth-order valence-electron chi connectivity index (χ4n) is 5.75. The minimum absolute atomic E-state index is 0.00790. The van der Waals surface area contributed by atoms with Crippen LogP contribution in [-0.2, 0) is 10.2 Å². The van der Waals surface area contributed by atoms with Crippen molar-refractivity contribution in [1.29, 1.82) is 0 Å². The second-order valence-corrected chi connectivity index (χ2v) is 11.2. The zero-order valence-corrected chi connectivity index (χ0v) is 20.6. The molecule has 1 aromatic heterocycles. The molecule has 1 aliphatic carbocycles. The number of halogens is 3. The molecule has 8 heteroatoms. The SMILES string of the molecule is [2H]C([2H])(C1CCOCC1)N1C[C@H]2CC(Nc3nnc(-c4cc(F)cc(F)c4F)cc3C(C)(C)C)C[C@H]2C1. The highest BCUT2D eigenvalue weighted by Crippen LogP contribution is 2.41. The molecule has 190 valence electrons. The van der Waals surface area contributed by atoms with E-state index in [9.17, 15) is 13.2 Å². The van der Waals surface area contributed by atoms with Crippen molar-refractivity contribution in [3.05, 3.63) is 41.2 Å². The number of aromatic nitrogens is 2. The topological polar surface area (TPSA) is 50.3 Å². The van der Waals surface area contributed by atoms with Gasteiger partial charge in [0, 0.05) is 58.8 Å². The van der Waals surface area contributed by atoms with E-state index in [-0.39, 0.29) is 28.6 Å². The first-order valence-electron chi connectivity index (χ1n) is 13.6. The normalized spacial score (nSPS) is 27.0. The van der Waals surface area contributed by atoms with Gasteiger partial charge in [0.1, 0.15) is 5.82 Å². The molecule has 0 amide bonds. The van der Waals surface area contributed by atoms with E-state index in [2.05, 4.69) is 15.5 Å². The Balaban J connectivity index is 1.30. The number of likely N-dealkylation sites (tertiary alicyclic amines) is 1. The minimum atomic E-state index is -1.32. The van der Waals surface area contributed by atoms with E-state index >= 15 is 0 Å². The fraction of sp³-hybridized carbons (Fsp3) is 0.630. The van der Waals surface area contributed by atoms with Crippen molar-refractivity contribution in [1.82, 2.24) is 15.1 Å². The molecule has 1 unspecified atom stereocenters. The monoisotopic (exact) mass is 490 g/mol. The Morgan fingerprint density at radius 1 is 1.06 bits per heavy atom. The molecule has 2 aliphatic heterocycles. The lowest BCUT2D eigenvalue weighted by atomic mass is 9.86. The number of benzene rings is 1. The van der Waals surface area contributed by atoms with Gasteiger partial charge in [0.15, 0.2) is 17.5 Å². The first kappa shape index (κ1) is 22.0. The Morgan fingerprint density at radius 2 is 1.74 bits per heavy atom. The molecule has 3 aliphatic rings. The summed E-state index contributed by atoms with van der Waals surface area (Å²) in [6, 6.07) is 3.27. The number of nitrogens with zero attached hydrogens (tertiary/aromatic N) is 3. The summed E-state index contributed by atoms with van der Waals surface area (Å²) in [6.45, 7) is 7.44. The predicted molar refractivity (Wildman–Crippen MR) is 130 cm³/mol. The Hall–Kier alpha value is -2.19. The number of anilines is 1. The molecule has 1 saturated carbocycles. The zero-order valence-electron chi connectivity index (χ0n) is 22.6. The Morgan fingerprint density at radius 3 is 2.40 bits per heavy atom. The third kappa shape index (κ3) is 5.33. The highest BCUT2D eigenvalue weighted by molar-refractivity contribution is 5.64. The number of nitrogens with one attached hydrogen (secondary N) is 1. The van der Waals surface area contributed by atoms with Crippen LogP contribution in [0.2, 0.25) is 0 Å². The summed E-state index contributed by atoms with van der Waals surface area (Å²) >= 11 is 0. The van der Waals surface area contributed by atoms with Crippen LogP contribution in [0.5, 0.6) is 0 Å². The van der Waals surface area contributed by atoms with Crippen LogP contribution >= 0.6 is 0 Å². The van der Waals surface area contributed by atoms with E-state index < -0.39 is 23.9 Å². The summed E-state index contributed by atoms with van der Waals surface area (Å²) in [5.41, 5.74) is 0.244. The average Bonchev–Trinajstić information content (AvgIpc) is 3.41. The van der Waals surface area contributed by atoms with Gasteiger partial charge in [-0.25, -0.2) is 13.2 Å². The molecule has 5 rings (SSSR count). The molecule has 0 bridgehead atoms. The first-order valence-corrected chi connectivity index (χ1v) is 12.6. The predicted octanol–water partition coefficient (Wildman–Crippen LogP) is 5.41. The summed E-state index contributed by atoms with van der Waals surface area (Å²) < 4.78 is 65.0. The fourth-order valence-corrected chi connectivity index (χ4v) is 5.75. The van der Waals surface area contributed by atoms with Gasteiger partial charge in [-0.1, -0.05) is 20.8 Å². The van der Waals surface area contributed by atoms with Crippen molar-refractivity contribution in [3.8, 4) is 11.3 Å². The molecule has 2 aromatic rings. The molecule has 5 nitrogen and oxygen atoms in total. The van der Waals surface area contributed by atoms with Crippen LogP contribution in [0.15, 0.2) is 18.2 Å². The third-order valence-corrected chi connectivity index (χ3v) is 7.55. The van der Waals surface area contributed by atoms with Crippen molar-refractivity contribution < 1.29 is 20.6 Å². The van der Waals surface area contributed by atoms with E-state index in [4.69, 9.17) is 7.48 Å². The molecule has 35 heavy (non-hydrogen) atoms. The number of hydrogen-bond donors (Lipinski definition) is 1. The Labute approximate surface area is 208 Å². The number of rotatable bonds is 5. The lowest BCUT2D eigenvalue weighted by Gasteiger charge is -2.28. The van der Waals surface area contributed by atoms with E-state index in [0.717, 1.165) is 50.4 Å². The Kier molecular flexibility index (Phi) is 6.11. The smallest absolute Gasteiger partial charge is 0.168 e. The molecule has 3 fully saturated rings. The molecule has 2 saturated heterocycles. The first-order chi connectivity index (χ1) is 17.4. The standard InChI is InChI=1S/C27H35F3N4O/c1-27(2,3)22-12-24(21-10-19(28)11-23(29)25(21)30)32-33-26(22)31-20-8-17-14-34(15-18(17)9-20)13-16-4-6-35-7-5-16/h10-12,16-18,20H,4-9,13-15H2,1-3H3,(H,31,33)/t17-,18+,20?/i13D2. The van der Waals surface area contributed by atoms with Crippen molar-refractivity contribution in [2.75, 3.05) is 38.1 Å². The van der Waals surface area contributed by atoms with E-state index in [1.807, 2.05) is 25.7 Å². The molecule has 0 spiro atoms. The van der Waals surface area contributed by atoms with Crippen molar-refractivity contribution in [2.45, 2.75) is 57.9 Å². The summed E-state index contributed by atoms with van der Waals surface area (Å²) in [6.07, 6.45) is 3.34. The maximum Gasteiger partial charge on any atom is 0.168 e. The number of ether oxygens (including phenoxy) is 1. The van der Waals surface area contributed by atoms with Crippen LogP contribution in [0.1, 0.15) is 54.8 Å². The number of fused-ring (bicyclic) bond motifs is 1. The second kappa shape index (κ2) is 9.69. The molecular formula is C27H35F3N4O. The highest BCUT2D eigenvalue weighted by atomic mass is 19.2. The molecule has 0 radical (unpaired) electrons. The van der Waals surface area contributed by atoms with Gasteiger partial charge in [-0.15, -0.1) is 10.2 Å². The van der Waals surface area contributed by atoms with Crippen LogP contribution in [-0.4, -0.2) is 53.9 Å². The van der Waals surface area contributed by atoms with Crippen LogP contribution in [0, 0.1) is 35.2 Å². The molecular weight excluding hydrogens is 453 g/mol. The third-order valence-electron chi connectivity index (χ3n) is 7.55. The largest absolute Gasteiger partial charge is 0.381 e. The van der Waals surface area contributed by atoms with Crippen molar-refractivity contribution in [3.63, 3.8) is 0 Å². The van der Waals surface area contributed by atoms with Gasteiger partial charge in [0.25, 0.3) is 0 Å². The molecule has 1 N–H and O–H groups in total. The lowest BCUT2D eigenvalue weighted by Crippen LogP contribution is -2.32. The van der Waals surface area contributed by atoms with Crippen LogP contribution in [0.3, 0.4) is 0 Å². The van der Waals surface area contributed by atoms with E-state index in [1.54, 1.807) is 6.07 Å². The van der Waals surface area contributed by atoms with Gasteiger partial charge in [0.2, 0.25) is 0 Å². The highest BCUT2D eigenvalue weighted by Gasteiger charge is 2.41. The van der Waals surface area contributed by atoms with Gasteiger partial charge < -0.3 is 15.0 Å². The quantitative estimate of drug-likeness (QED) is 0.568. The van der Waals surface area contributed by atoms with Gasteiger partial charge in [-0.2, -0.15) is 0 Å². The maximum absolute atomic E-state index is 14.4. The molecule has 3 heterocycles. The summed E-state index contributed by atoms with van der Waals surface area (Å²) in [5, 5.41) is 12.0. The van der Waals surface area contributed by atoms with Crippen molar-refractivity contribution in [2.24, 2.45) is 17.8 Å². The lowest BCUT2D eigenvalue weighted by molar-refractivity contribution is 0.0545. The van der Waals surface area contributed by atoms with Crippen LogP contribution < -0.4 is 5.32 Å². The maximum atomic E-state index is 14.4. The number of hydrogen-bond acceptors (Lipinski definition) is 5. The molecule has 1 aromatic carbocycles. The van der Waals surface area contributed by atoms with Gasteiger partial charge >= 0.3 is 0 Å². The molecule has 3 atom stereocenters. The van der Waals surface area contributed by atoms with Gasteiger partial charge in [0.05, 0.1) is 5.69 Å². The van der Waals surface area contributed by atoms with E-state index in [1.165, 1.54) is 0 Å². The summed E-state index contributed by atoms with van der Waals surface area (Å²) in [7, 11) is 0. The van der Waals surface area contributed by atoms with Crippen LogP contribution in [0.25, 0.3) is 11.3 Å². The van der Waals surface area contributed by atoms with E-state index in [0.29, 0.717) is 36.9 Å². The zero-order chi connectivity index (χ0) is 26.5. The second-order valence-electron chi connectivity index (χ2n) is 11.2. The Bertz CT molecular complexity index is 1140. The summed E-state index contributed by atoms with van der Waals surface area (Å²) in [4.78, 5) is 2.04. The van der Waals surface area contributed by atoms with Gasteiger partial charge in [-0.3, -0.25) is 0 Å². The minimum Gasteiger partial charge on any atom is -0.381 e. The summed E-state index contributed by atoms with van der Waals surface area (Å²) in [5.74, 6) is -1.87. The van der Waals surface area contributed by atoms with Gasteiger partial charge in [-0.05, 0) is 61.0 Å². The average molecular weight is 491 g/mol. The van der Waals surface area contributed by atoms with Crippen molar-refractivity contribution >= 4 is 5.82 Å².